The van der Waals surface area contributed by atoms with Gasteiger partial charge in [-0.15, -0.1) is 6.58 Å². The molecule has 3 rings (SSSR count). The number of hydrogen-bond acceptors (Lipinski definition) is 2. The van der Waals surface area contributed by atoms with E-state index in [0.29, 0.717) is 54.1 Å². The van der Waals surface area contributed by atoms with Crippen LogP contribution in [0.25, 0.3) is 0 Å². The Hall–Kier alpha value is -2.23. The molecule has 0 N–H and O–H groups in total. The van der Waals surface area contributed by atoms with Crippen LogP contribution in [-0.2, 0) is 9.53 Å². The van der Waals surface area contributed by atoms with E-state index in [4.69, 9.17) is 4.74 Å². The van der Waals surface area contributed by atoms with Crippen molar-refractivity contribution in [3.63, 3.8) is 0 Å². The molecule has 29 heavy (non-hydrogen) atoms. The van der Waals surface area contributed by atoms with Gasteiger partial charge in [0.25, 0.3) is 0 Å². The quantitative estimate of drug-likeness (QED) is 0.265. The highest BCUT2D eigenvalue weighted by atomic mass is 19.2. The largest absolute Gasteiger partial charge is 0.428 e. The summed E-state index contributed by atoms with van der Waals surface area (Å²) in [5.74, 6) is -0.454. The molecule has 1 saturated carbocycles. The van der Waals surface area contributed by atoms with E-state index in [2.05, 4.69) is 13.2 Å². The third kappa shape index (κ3) is 5.04. The number of carbonyl (C=O) groups excluding carboxylic acids is 1. The smallest absolute Gasteiger partial charge is 0.338 e. The van der Waals surface area contributed by atoms with Gasteiger partial charge in [0.15, 0.2) is 11.7 Å². The van der Waals surface area contributed by atoms with E-state index in [1.807, 2.05) is 6.08 Å². The van der Waals surface area contributed by atoms with Gasteiger partial charge in [0.05, 0.1) is 0 Å². The van der Waals surface area contributed by atoms with Crippen molar-refractivity contribution >= 4 is 5.97 Å². The molecule has 0 aromatic heterocycles. The molecule has 3 aliphatic carbocycles. The van der Waals surface area contributed by atoms with Gasteiger partial charge >= 0.3 is 5.97 Å². The van der Waals surface area contributed by atoms with E-state index < -0.39 is 17.6 Å². The first-order valence-electron chi connectivity index (χ1n) is 10.6. The number of halogens is 2. The lowest BCUT2D eigenvalue weighted by Crippen LogP contribution is -2.19. The minimum atomic E-state index is -0.693. The van der Waals surface area contributed by atoms with Gasteiger partial charge in [-0.3, -0.25) is 0 Å². The summed E-state index contributed by atoms with van der Waals surface area (Å²) >= 11 is 0. The Morgan fingerprint density at radius 3 is 2.41 bits per heavy atom. The number of carbonyl (C=O) groups is 1. The van der Waals surface area contributed by atoms with E-state index >= 15 is 0 Å². The van der Waals surface area contributed by atoms with Crippen molar-refractivity contribution in [2.24, 2.45) is 11.8 Å². The average molecular weight is 401 g/mol. The van der Waals surface area contributed by atoms with Gasteiger partial charge in [0.1, 0.15) is 5.76 Å². The minimum Gasteiger partial charge on any atom is -0.428 e. The van der Waals surface area contributed by atoms with Gasteiger partial charge in [-0.25, -0.2) is 13.6 Å². The van der Waals surface area contributed by atoms with Gasteiger partial charge in [-0.05, 0) is 92.9 Å². The van der Waals surface area contributed by atoms with Crippen molar-refractivity contribution in [3.8, 4) is 0 Å². The molecule has 0 atom stereocenters. The summed E-state index contributed by atoms with van der Waals surface area (Å²) in [6.07, 6.45) is 12.5. The molecule has 0 aromatic carbocycles. The lowest BCUT2D eigenvalue weighted by atomic mass is 9.74. The third-order valence-electron chi connectivity index (χ3n) is 6.29. The summed E-state index contributed by atoms with van der Waals surface area (Å²) in [6.45, 7) is 8.95. The Kier molecular flexibility index (Phi) is 7.05. The Bertz CT molecular complexity index is 818. The number of esters is 1. The highest BCUT2D eigenvalue weighted by molar-refractivity contribution is 5.87. The van der Waals surface area contributed by atoms with Crippen molar-refractivity contribution in [1.29, 1.82) is 0 Å². The summed E-state index contributed by atoms with van der Waals surface area (Å²) in [5, 5.41) is 0. The van der Waals surface area contributed by atoms with E-state index in [1.165, 1.54) is 0 Å². The van der Waals surface area contributed by atoms with Gasteiger partial charge in [-0.2, -0.15) is 0 Å². The van der Waals surface area contributed by atoms with Crippen LogP contribution < -0.4 is 0 Å². The summed E-state index contributed by atoms with van der Waals surface area (Å²) in [7, 11) is 0. The first kappa shape index (κ1) is 21.5. The zero-order chi connectivity index (χ0) is 21.0. The second-order valence-corrected chi connectivity index (χ2v) is 8.37. The van der Waals surface area contributed by atoms with Crippen LogP contribution >= 0.6 is 0 Å². The number of allylic oxidation sites excluding steroid dienone is 9. The fourth-order valence-corrected chi connectivity index (χ4v) is 4.58. The lowest BCUT2D eigenvalue weighted by molar-refractivity contribution is -0.135. The van der Waals surface area contributed by atoms with E-state index in [-0.39, 0.29) is 5.92 Å². The number of hydrogen-bond donors (Lipinski definition) is 0. The van der Waals surface area contributed by atoms with Crippen molar-refractivity contribution in [2.75, 3.05) is 0 Å². The topological polar surface area (TPSA) is 26.3 Å². The van der Waals surface area contributed by atoms with Crippen molar-refractivity contribution in [2.45, 2.75) is 64.7 Å². The highest BCUT2D eigenvalue weighted by Gasteiger charge is 2.31. The first-order chi connectivity index (χ1) is 13.9. The molecule has 0 spiro atoms. The van der Waals surface area contributed by atoms with Crippen LogP contribution in [0.2, 0.25) is 0 Å². The molecular formula is C25H30F2O2. The molecule has 0 aromatic rings. The second-order valence-electron chi connectivity index (χ2n) is 8.37. The Morgan fingerprint density at radius 2 is 1.83 bits per heavy atom. The van der Waals surface area contributed by atoms with E-state index in [9.17, 15) is 13.6 Å². The predicted molar refractivity (Wildman–Crippen MR) is 112 cm³/mol. The van der Waals surface area contributed by atoms with Crippen LogP contribution in [0.15, 0.2) is 71.1 Å². The predicted octanol–water partition coefficient (Wildman–Crippen LogP) is 7.33. The molecule has 0 heterocycles. The zero-order valence-electron chi connectivity index (χ0n) is 17.2. The van der Waals surface area contributed by atoms with E-state index in [0.717, 1.165) is 37.7 Å². The molecule has 3 aliphatic rings. The molecule has 156 valence electrons. The fraction of sp³-hybridized carbons (Fsp3) is 0.480. The molecule has 0 radical (unpaired) electrons. The zero-order valence-corrected chi connectivity index (χ0v) is 17.2. The standard InChI is InChI=1S/C25H30F2O2/c1-4-5-17-6-8-18(9-7-17)21-14-15-22(24(27)23(21)26)19-10-12-20(13-11-19)29-25(28)16(2)3/h4,10,12,17-18H,1-2,5-9,11,13-15H2,3H3. The number of rotatable bonds is 6. The monoisotopic (exact) mass is 400 g/mol. The summed E-state index contributed by atoms with van der Waals surface area (Å²) < 4.78 is 35.1. The number of ether oxygens (including phenoxy) is 1. The summed E-state index contributed by atoms with van der Waals surface area (Å²) in [5.41, 5.74) is 2.26. The maximum atomic E-state index is 14.9. The Morgan fingerprint density at radius 1 is 1.10 bits per heavy atom. The van der Waals surface area contributed by atoms with Crippen LogP contribution in [0, 0.1) is 11.8 Å². The normalized spacial score (nSPS) is 25.3. The van der Waals surface area contributed by atoms with Crippen LogP contribution in [0.4, 0.5) is 8.78 Å². The third-order valence-corrected chi connectivity index (χ3v) is 6.29. The molecule has 1 fully saturated rings. The molecule has 2 nitrogen and oxygen atoms in total. The van der Waals surface area contributed by atoms with Crippen molar-refractivity contribution in [3.05, 3.63) is 71.1 Å². The van der Waals surface area contributed by atoms with E-state index in [1.54, 1.807) is 19.1 Å². The highest BCUT2D eigenvalue weighted by Crippen LogP contribution is 2.45. The van der Waals surface area contributed by atoms with Crippen LogP contribution in [0.5, 0.6) is 0 Å². The Labute approximate surface area is 172 Å². The minimum absolute atomic E-state index is 0.164. The molecule has 0 bridgehead atoms. The molecule has 0 aliphatic heterocycles. The second kappa shape index (κ2) is 9.51. The summed E-state index contributed by atoms with van der Waals surface area (Å²) in [4.78, 5) is 11.6. The van der Waals surface area contributed by atoms with Crippen LogP contribution in [-0.4, -0.2) is 5.97 Å². The summed E-state index contributed by atoms with van der Waals surface area (Å²) in [6, 6.07) is 0. The molecule has 0 saturated heterocycles. The maximum Gasteiger partial charge on any atom is 0.338 e. The van der Waals surface area contributed by atoms with Crippen molar-refractivity contribution < 1.29 is 18.3 Å². The fourth-order valence-electron chi connectivity index (χ4n) is 4.58. The van der Waals surface area contributed by atoms with Crippen LogP contribution in [0.3, 0.4) is 0 Å². The maximum absolute atomic E-state index is 14.9. The SMILES string of the molecule is C=CCC1CCC(C2=C(F)C(F)=C(C3=CC=C(OC(=O)C(=C)C)CC3)CC2)CC1. The molecule has 0 amide bonds. The van der Waals surface area contributed by atoms with Gasteiger partial charge in [-0.1, -0.05) is 18.7 Å². The first-order valence-corrected chi connectivity index (χ1v) is 10.6. The lowest BCUT2D eigenvalue weighted by Gasteiger charge is -2.32. The van der Waals surface area contributed by atoms with Gasteiger partial charge < -0.3 is 4.74 Å². The van der Waals surface area contributed by atoms with Gasteiger partial charge in [0, 0.05) is 12.0 Å². The molecule has 0 unspecified atom stereocenters. The molecule has 4 heteroatoms. The Balaban J connectivity index is 1.71. The average Bonchev–Trinajstić information content (AvgIpc) is 2.72. The van der Waals surface area contributed by atoms with Gasteiger partial charge in [0.2, 0.25) is 0 Å². The van der Waals surface area contributed by atoms with Crippen LogP contribution in [0.1, 0.15) is 64.7 Å². The molecular weight excluding hydrogens is 370 g/mol. The van der Waals surface area contributed by atoms with Crippen molar-refractivity contribution in [1.82, 2.24) is 0 Å².